The van der Waals surface area contributed by atoms with E-state index in [1.807, 2.05) is 31.2 Å². The van der Waals surface area contributed by atoms with Crippen LogP contribution in [0.2, 0.25) is 5.02 Å². The Morgan fingerprint density at radius 2 is 1.67 bits per heavy atom. The van der Waals surface area contributed by atoms with Crippen molar-refractivity contribution < 1.29 is 22.3 Å². The lowest BCUT2D eigenvalue weighted by Gasteiger charge is -2.18. The Kier molecular flexibility index (Phi) is 5.47. The van der Waals surface area contributed by atoms with E-state index in [2.05, 4.69) is 10.3 Å². The Hall–Kier alpha value is -3.49. The molecule has 0 amide bonds. The molecule has 168 valence electrons. The summed E-state index contributed by atoms with van der Waals surface area (Å²) in [5.41, 5.74) is 2.09. The molecule has 0 radical (unpaired) electrons. The van der Waals surface area contributed by atoms with E-state index >= 15 is 0 Å². The van der Waals surface area contributed by atoms with Crippen molar-refractivity contribution in [2.24, 2.45) is 0 Å². The minimum Gasteiger partial charge on any atom is -0.486 e. The molecule has 7 nitrogen and oxygen atoms in total. The molecule has 1 aliphatic heterocycles. The highest BCUT2D eigenvalue weighted by Gasteiger charge is 2.30. The lowest BCUT2D eigenvalue weighted by atomic mass is 10.2. The monoisotopic (exact) mass is 482 g/mol. The second kappa shape index (κ2) is 8.46. The lowest BCUT2D eigenvalue weighted by Crippen LogP contribution is -2.16. The fourth-order valence-electron chi connectivity index (χ4n) is 3.46. The van der Waals surface area contributed by atoms with Crippen molar-refractivity contribution in [3.63, 3.8) is 0 Å². The quantitative estimate of drug-likeness (QED) is 0.393. The summed E-state index contributed by atoms with van der Waals surface area (Å²) in [6, 6.07) is 18.9. The van der Waals surface area contributed by atoms with Gasteiger partial charge < -0.3 is 19.2 Å². The number of aryl methyl sites for hydroxylation is 1. The molecule has 1 aromatic heterocycles. The van der Waals surface area contributed by atoms with Crippen LogP contribution >= 0.6 is 11.6 Å². The molecule has 0 spiro atoms. The Morgan fingerprint density at radius 1 is 0.939 bits per heavy atom. The number of oxazole rings is 1. The first-order valence-corrected chi connectivity index (χ1v) is 12.0. The van der Waals surface area contributed by atoms with Gasteiger partial charge in [0.1, 0.15) is 13.2 Å². The maximum atomic E-state index is 13.7. The number of para-hydroxylation sites is 1. The molecule has 0 aliphatic carbocycles. The fourth-order valence-corrected chi connectivity index (χ4v) is 4.94. The molecule has 3 aromatic carbocycles. The van der Waals surface area contributed by atoms with E-state index in [0.29, 0.717) is 41.0 Å². The van der Waals surface area contributed by atoms with Crippen LogP contribution in [0.1, 0.15) is 5.56 Å². The van der Waals surface area contributed by atoms with Gasteiger partial charge in [-0.15, -0.1) is 0 Å². The van der Waals surface area contributed by atoms with Crippen LogP contribution in [-0.4, -0.2) is 26.6 Å². The van der Waals surface area contributed by atoms with Crippen LogP contribution in [0.5, 0.6) is 11.5 Å². The number of ether oxygens (including phenoxy) is 2. The second-order valence-corrected chi connectivity index (χ2v) is 9.65. The number of fused-ring (bicyclic) bond motifs is 1. The molecule has 0 saturated heterocycles. The number of aromatic nitrogens is 1. The topological polar surface area (TPSA) is 90.7 Å². The van der Waals surface area contributed by atoms with Crippen molar-refractivity contribution >= 4 is 33.0 Å². The van der Waals surface area contributed by atoms with Crippen LogP contribution in [0.3, 0.4) is 0 Å². The predicted octanol–water partition coefficient (Wildman–Crippen LogP) is 5.65. The zero-order chi connectivity index (χ0) is 23.0. The van der Waals surface area contributed by atoms with Gasteiger partial charge in [-0.25, -0.2) is 8.42 Å². The molecule has 9 heteroatoms. The third-order valence-corrected chi connectivity index (χ3v) is 7.16. The van der Waals surface area contributed by atoms with E-state index in [0.717, 1.165) is 5.56 Å². The van der Waals surface area contributed by atoms with Gasteiger partial charge in [0.2, 0.25) is 26.6 Å². The fraction of sp³-hybridized carbons (Fsp3) is 0.125. The van der Waals surface area contributed by atoms with Gasteiger partial charge in [0.05, 0.1) is 15.5 Å². The first-order valence-electron chi connectivity index (χ1n) is 10.2. The summed E-state index contributed by atoms with van der Waals surface area (Å²) < 4.78 is 44.3. The van der Waals surface area contributed by atoms with Crippen molar-refractivity contribution in [2.45, 2.75) is 16.8 Å². The molecule has 0 fully saturated rings. The van der Waals surface area contributed by atoms with Gasteiger partial charge in [-0.05, 0) is 42.8 Å². The molecular formula is C24H19ClN2O5S. The first kappa shape index (κ1) is 21.4. The number of halogens is 1. The predicted molar refractivity (Wildman–Crippen MR) is 124 cm³/mol. The molecule has 0 unspecified atom stereocenters. The van der Waals surface area contributed by atoms with Gasteiger partial charge in [0.25, 0.3) is 0 Å². The van der Waals surface area contributed by atoms with Gasteiger partial charge in [0, 0.05) is 11.8 Å². The number of benzene rings is 3. The Labute approximate surface area is 195 Å². The van der Waals surface area contributed by atoms with Crippen molar-refractivity contribution in [2.75, 3.05) is 18.5 Å². The van der Waals surface area contributed by atoms with Crippen LogP contribution in [0.4, 0.5) is 11.6 Å². The maximum absolute atomic E-state index is 13.7. The first-order chi connectivity index (χ1) is 15.9. The summed E-state index contributed by atoms with van der Waals surface area (Å²) in [5, 5.41) is 3.22. The minimum atomic E-state index is -4.08. The van der Waals surface area contributed by atoms with E-state index in [9.17, 15) is 8.42 Å². The highest BCUT2D eigenvalue weighted by atomic mass is 35.5. The van der Waals surface area contributed by atoms with E-state index < -0.39 is 9.84 Å². The van der Waals surface area contributed by atoms with Crippen LogP contribution < -0.4 is 14.8 Å². The molecule has 2 heterocycles. The van der Waals surface area contributed by atoms with Crippen molar-refractivity contribution in [1.82, 2.24) is 4.98 Å². The highest BCUT2D eigenvalue weighted by molar-refractivity contribution is 7.91. The molecule has 0 bridgehead atoms. The van der Waals surface area contributed by atoms with Gasteiger partial charge in [0.15, 0.2) is 11.5 Å². The van der Waals surface area contributed by atoms with Crippen LogP contribution in [0.25, 0.3) is 11.5 Å². The van der Waals surface area contributed by atoms with Crippen LogP contribution in [-0.2, 0) is 9.84 Å². The summed E-state index contributed by atoms with van der Waals surface area (Å²) in [5.74, 6) is 0.947. The van der Waals surface area contributed by atoms with E-state index in [1.54, 1.807) is 30.3 Å². The minimum absolute atomic E-state index is 0.00545. The number of rotatable bonds is 5. The molecule has 0 atom stereocenters. The molecule has 4 aromatic rings. The second-order valence-electron chi connectivity index (χ2n) is 7.38. The largest absolute Gasteiger partial charge is 0.486 e. The number of hydrogen-bond acceptors (Lipinski definition) is 7. The summed E-state index contributed by atoms with van der Waals surface area (Å²) in [7, 11) is -4.08. The van der Waals surface area contributed by atoms with Gasteiger partial charge in [-0.3, -0.25) is 0 Å². The SMILES string of the molecule is Cc1ccccc1Nc1oc(-c2ccccc2Cl)nc1S(=O)(=O)c1ccc2c(c1)OCCO2. The lowest BCUT2D eigenvalue weighted by molar-refractivity contribution is 0.171. The van der Waals surface area contributed by atoms with Crippen molar-refractivity contribution in [1.29, 1.82) is 0 Å². The number of sulfone groups is 1. The zero-order valence-electron chi connectivity index (χ0n) is 17.5. The number of hydrogen-bond donors (Lipinski definition) is 1. The van der Waals surface area contributed by atoms with E-state index in [-0.39, 0.29) is 21.7 Å². The molecule has 0 saturated carbocycles. The van der Waals surface area contributed by atoms with Crippen LogP contribution in [0.15, 0.2) is 81.1 Å². The zero-order valence-corrected chi connectivity index (χ0v) is 19.1. The normalized spacial score (nSPS) is 13.0. The average molecular weight is 483 g/mol. The Balaban J connectivity index is 1.65. The highest BCUT2D eigenvalue weighted by Crippen LogP contribution is 2.39. The van der Waals surface area contributed by atoms with E-state index in [1.165, 1.54) is 12.1 Å². The molecule has 1 aliphatic rings. The Morgan fingerprint density at radius 3 is 2.45 bits per heavy atom. The number of nitrogens with zero attached hydrogens (tertiary/aromatic N) is 1. The number of nitrogens with one attached hydrogen (secondary N) is 1. The molecular weight excluding hydrogens is 464 g/mol. The summed E-state index contributed by atoms with van der Waals surface area (Å²) in [4.78, 5) is 4.37. The molecule has 1 N–H and O–H groups in total. The van der Waals surface area contributed by atoms with Gasteiger partial charge in [-0.2, -0.15) is 4.98 Å². The summed E-state index contributed by atoms with van der Waals surface area (Å²) in [6.45, 7) is 2.66. The Bertz CT molecular complexity index is 1450. The molecule has 33 heavy (non-hydrogen) atoms. The van der Waals surface area contributed by atoms with Crippen molar-refractivity contribution in [3.8, 4) is 23.0 Å². The smallest absolute Gasteiger partial charge is 0.238 e. The maximum Gasteiger partial charge on any atom is 0.238 e. The average Bonchev–Trinajstić information content (AvgIpc) is 3.25. The standard InChI is InChI=1S/C24H19ClN2O5S/c1-15-6-2-5-9-19(15)26-23-24(27-22(32-23)17-7-3-4-8-18(17)25)33(28,29)16-10-11-20-21(14-16)31-13-12-30-20/h2-11,14,26H,12-13H2,1H3. The molecule has 5 rings (SSSR count). The summed E-state index contributed by atoms with van der Waals surface area (Å²) >= 11 is 6.32. The third kappa shape index (κ3) is 4.03. The van der Waals surface area contributed by atoms with Gasteiger partial charge in [-0.1, -0.05) is 41.9 Å². The number of anilines is 2. The van der Waals surface area contributed by atoms with Gasteiger partial charge >= 0.3 is 0 Å². The third-order valence-electron chi connectivity index (χ3n) is 5.17. The van der Waals surface area contributed by atoms with Crippen molar-refractivity contribution in [3.05, 3.63) is 77.3 Å². The summed E-state index contributed by atoms with van der Waals surface area (Å²) in [6.07, 6.45) is 0. The van der Waals surface area contributed by atoms with Crippen LogP contribution in [0, 0.1) is 6.92 Å². The van der Waals surface area contributed by atoms with E-state index in [4.69, 9.17) is 25.5 Å².